The third kappa shape index (κ3) is 5.10. The van der Waals surface area contributed by atoms with Crippen molar-refractivity contribution in [2.45, 2.75) is 13.0 Å². The normalized spacial score (nSPS) is 11.4. The molecule has 0 fully saturated rings. The Hall–Kier alpha value is -3.29. The van der Waals surface area contributed by atoms with E-state index in [9.17, 15) is 4.39 Å². The zero-order valence-corrected chi connectivity index (χ0v) is 15.3. The molecule has 0 unspecified atom stereocenters. The highest BCUT2D eigenvalue weighted by molar-refractivity contribution is 5.79. The van der Waals surface area contributed by atoms with E-state index in [4.69, 9.17) is 4.52 Å². The van der Waals surface area contributed by atoms with Crippen LogP contribution in [0.25, 0.3) is 11.6 Å². The van der Waals surface area contributed by atoms with Crippen LogP contribution in [-0.4, -0.2) is 46.6 Å². The summed E-state index contributed by atoms with van der Waals surface area (Å²) in [6.07, 6.45) is 2.27. The Morgan fingerprint density at radius 3 is 2.74 bits per heavy atom. The monoisotopic (exact) mass is 368 g/mol. The number of benzene rings is 1. The van der Waals surface area contributed by atoms with Crippen molar-refractivity contribution in [3.63, 3.8) is 0 Å². The van der Waals surface area contributed by atoms with E-state index in [1.54, 1.807) is 25.4 Å². The van der Waals surface area contributed by atoms with Gasteiger partial charge in [-0.2, -0.15) is 4.98 Å². The molecule has 2 aromatic heterocycles. The molecule has 0 atom stereocenters. The second-order valence-corrected chi connectivity index (χ2v) is 5.94. The number of halogens is 1. The first-order valence-electron chi connectivity index (χ1n) is 8.56. The lowest BCUT2D eigenvalue weighted by atomic mass is 10.2. The molecule has 8 heteroatoms. The topological polar surface area (TPSA) is 79.4 Å². The van der Waals surface area contributed by atoms with Gasteiger partial charge in [0.2, 0.25) is 0 Å². The van der Waals surface area contributed by atoms with Gasteiger partial charge in [0, 0.05) is 39.8 Å². The van der Waals surface area contributed by atoms with E-state index < -0.39 is 0 Å². The van der Waals surface area contributed by atoms with Crippen LogP contribution in [0.4, 0.5) is 4.39 Å². The van der Waals surface area contributed by atoms with Gasteiger partial charge in [0.05, 0.1) is 0 Å². The summed E-state index contributed by atoms with van der Waals surface area (Å²) in [7, 11) is 3.64. The predicted octanol–water partition coefficient (Wildman–Crippen LogP) is 2.52. The Bertz CT molecular complexity index is 879. The van der Waals surface area contributed by atoms with Gasteiger partial charge in [-0.3, -0.25) is 9.98 Å². The molecule has 0 aliphatic heterocycles. The summed E-state index contributed by atoms with van der Waals surface area (Å²) in [5.41, 5.74) is 1.65. The van der Waals surface area contributed by atoms with Crippen molar-refractivity contribution in [2.75, 3.05) is 20.6 Å². The first kappa shape index (κ1) is 18.5. The minimum absolute atomic E-state index is 0.242. The number of hydrogen-bond donors (Lipinski definition) is 1. The molecule has 0 aliphatic carbocycles. The van der Waals surface area contributed by atoms with E-state index in [2.05, 4.69) is 25.4 Å². The molecule has 1 aromatic carbocycles. The Labute approximate surface area is 157 Å². The van der Waals surface area contributed by atoms with Gasteiger partial charge in [-0.05, 0) is 29.8 Å². The van der Waals surface area contributed by atoms with E-state index in [0.717, 1.165) is 11.5 Å². The molecular formula is C19H21FN6O. The molecule has 27 heavy (non-hydrogen) atoms. The van der Waals surface area contributed by atoms with E-state index in [0.29, 0.717) is 36.9 Å². The van der Waals surface area contributed by atoms with E-state index in [-0.39, 0.29) is 5.82 Å². The number of nitrogens with one attached hydrogen (secondary N) is 1. The lowest BCUT2D eigenvalue weighted by Crippen LogP contribution is -2.39. The van der Waals surface area contributed by atoms with Gasteiger partial charge in [-0.25, -0.2) is 4.39 Å². The third-order valence-corrected chi connectivity index (χ3v) is 3.89. The number of hydrogen-bond acceptors (Lipinski definition) is 5. The average Bonchev–Trinajstić information content (AvgIpc) is 3.16. The maximum atomic E-state index is 13.0. The first-order chi connectivity index (χ1) is 13.2. The van der Waals surface area contributed by atoms with E-state index in [1.807, 2.05) is 30.1 Å². The lowest BCUT2D eigenvalue weighted by molar-refractivity contribution is 0.420. The molecule has 3 aromatic rings. The number of rotatable bonds is 6. The van der Waals surface area contributed by atoms with Crippen molar-refractivity contribution in [1.82, 2.24) is 25.3 Å². The van der Waals surface area contributed by atoms with Crippen molar-refractivity contribution in [2.24, 2.45) is 4.99 Å². The van der Waals surface area contributed by atoms with E-state index in [1.165, 1.54) is 12.1 Å². The highest BCUT2D eigenvalue weighted by Gasteiger charge is 2.11. The third-order valence-electron chi connectivity index (χ3n) is 3.89. The lowest BCUT2D eigenvalue weighted by Gasteiger charge is -2.22. The molecule has 0 radical (unpaired) electrons. The maximum absolute atomic E-state index is 13.0. The summed E-state index contributed by atoms with van der Waals surface area (Å²) < 4.78 is 18.3. The zero-order valence-electron chi connectivity index (χ0n) is 15.3. The van der Waals surface area contributed by atoms with Crippen LogP contribution in [0.1, 0.15) is 11.4 Å². The molecule has 0 saturated carbocycles. The summed E-state index contributed by atoms with van der Waals surface area (Å²) in [6.45, 7) is 1.22. The average molecular weight is 368 g/mol. The quantitative estimate of drug-likeness (QED) is 0.532. The second-order valence-electron chi connectivity index (χ2n) is 5.94. The summed E-state index contributed by atoms with van der Waals surface area (Å²) in [5.74, 6) is 1.49. The van der Waals surface area contributed by atoms with Crippen LogP contribution < -0.4 is 5.32 Å². The molecule has 0 aliphatic rings. The fourth-order valence-electron chi connectivity index (χ4n) is 2.56. The first-order valence-corrected chi connectivity index (χ1v) is 8.56. The molecular weight excluding hydrogens is 347 g/mol. The van der Waals surface area contributed by atoms with Crippen LogP contribution in [0.5, 0.6) is 0 Å². The standard InChI is InChI=1S/C19H21FN6O/c1-21-19(26(2)13-14-6-8-15(20)9-7-14)23-12-10-17-24-18(27-25-17)16-5-3-4-11-22-16/h3-9,11H,10,12-13H2,1-2H3,(H,21,23). The molecule has 0 amide bonds. The van der Waals surface area contributed by atoms with Crippen molar-refractivity contribution < 1.29 is 8.91 Å². The fourth-order valence-corrected chi connectivity index (χ4v) is 2.56. The van der Waals surface area contributed by atoms with E-state index >= 15 is 0 Å². The van der Waals surface area contributed by atoms with Gasteiger partial charge >= 0.3 is 0 Å². The molecule has 0 bridgehead atoms. The Morgan fingerprint density at radius 2 is 2.04 bits per heavy atom. The molecule has 3 rings (SSSR count). The number of pyridine rings is 1. The molecule has 1 N–H and O–H groups in total. The van der Waals surface area contributed by atoms with Crippen LogP contribution >= 0.6 is 0 Å². The largest absolute Gasteiger partial charge is 0.356 e. The molecule has 140 valence electrons. The molecule has 0 spiro atoms. The molecule has 0 saturated heterocycles. The highest BCUT2D eigenvalue weighted by atomic mass is 19.1. The van der Waals surface area contributed by atoms with Gasteiger partial charge in [-0.1, -0.05) is 23.4 Å². The minimum Gasteiger partial charge on any atom is -0.356 e. The van der Waals surface area contributed by atoms with Gasteiger partial charge in [0.1, 0.15) is 11.5 Å². The van der Waals surface area contributed by atoms with Crippen molar-refractivity contribution in [3.8, 4) is 11.6 Å². The summed E-state index contributed by atoms with van der Waals surface area (Å²) in [5, 5.41) is 7.24. The van der Waals surface area contributed by atoms with Gasteiger partial charge < -0.3 is 14.7 Å². The Morgan fingerprint density at radius 1 is 1.22 bits per heavy atom. The zero-order chi connectivity index (χ0) is 19.1. The SMILES string of the molecule is CN=C(NCCc1noc(-c2ccccn2)n1)N(C)Cc1ccc(F)cc1. The highest BCUT2D eigenvalue weighted by Crippen LogP contribution is 2.13. The van der Waals surface area contributed by atoms with Gasteiger partial charge in [0.15, 0.2) is 11.8 Å². The molecule has 7 nitrogen and oxygen atoms in total. The fraction of sp³-hybridized carbons (Fsp3) is 0.263. The Balaban J connectivity index is 1.51. The van der Waals surface area contributed by atoms with Crippen LogP contribution in [0.2, 0.25) is 0 Å². The molecule has 2 heterocycles. The maximum Gasteiger partial charge on any atom is 0.276 e. The number of aliphatic imine (C=N–C) groups is 1. The van der Waals surface area contributed by atoms with Crippen molar-refractivity contribution >= 4 is 5.96 Å². The van der Waals surface area contributed by atoms with Crippen LogP contribution in [-0.2, 0) is 13.0 Å². The summed E-state index contributed by atoms with van der Waals surface area (Å²) in [6, 6.07) is 12.0. The smallest absolute Gasteiger partial charge is 0.276 e. The number of aromatic nitrogens is 3. The van der Waals surface area contributed by atoms with Gasteiger partial charge in [-0.15, -0.1) is 0 Å². The second kappa shape index (κ2) is 8.88. The predicted molar refractivity (Wildman–Crippen MR) is 100 cm³/mol. The summed E-state index contributed by atoms with van der Waals surface area (Å²) >= 11 is 0. The Kier molecular flexibility index (Phi) is 6.09. The van der Waals surface area contributed by atoms with Crippen molar-refractivity contribution in [1.29, 1.82) is 0 Å². The van der Waals surface area contributed by atoms with Crippen LogP contribution in [0, 0.1) is 5.82 Å². The number of guanidine groups is 1. The summed E-state index contributed by atoms with van der Waals surface area (Å²) in [4.78, 5) is 14.8. The van der Waals surface area contributed by atoms with Crippen LogP contribution in [0.3, 0.4) is 0 Å². The number of nitrogens with zero attached hydrogens (tertiary/aromatic N) is 5. The minimum atomic E-state index is -0.242. The van der Waals surface area contributed by atoms with Crippen molar-refractivity contribution in [3.05, 3.63) is 65.9 Å². The van der Waals surface area contributed by atoms with Crippen LogP contribution in [0.15, 0.2) is 58.2 Å². The van der Waals surface area contributed by atoms with Gasteiger partial charge in [0.25, 0.3) is 5.89 Å².